The van der Waals surface area contributed by atoms with Crippen LogP contribution in [0.15, 0.2) is 36.4 Å². The van der Waals surface area contributed by atoms with Crippen LogP contribution in [-0.4, -0.2) is 47.8 Å². The molecule has 10 heteroatoms. The zero-order valence-corrected chi connectivity index (χ0v) is 15.9. The number of fused-ring (bicyclic) bond motifs is 1. The van der Waals surface area contributed by atoms with Gasteiger partial charge >= 0.3 is 12.0 Å². The molecule has 1 fully saturated rings. The predicted molar refractivity (Wildman–Crippen MR) is 101 cm³/mol. The maximum Gasteiger partial charge on any atom is 0.326 e. The first-order chi connectivity index (χ1) is 14.4. The van der Waals surface area contributed by atoms with Crippen LogP contribution in [0.3, 0.4) is 0 Å². The number of imide groups is 2. The third kappa shape index (κ3) is 4.88. The fourth-order valence-corrected chi connectivity index (χ4v) is 3.39. The summed E-state index contributed by atoms with van der Waals surface area (Å²) in [6.07, 6.45) is 4.48. The third-order valence-electron chi connectivity index (χ3n) is 4.88. The van der Waals surface area contributed by atoms with Gasteiger partial charge in [-0.15, -0.1) is 0 Å². The molecule has 1 saturated heterocycles. The van der Waals surface area contributed by atoms with E-state index >= 15 is 0 Å². The van der Waals surface area contributed by atoms with Gasteiger partial charge in [0.1, 0.15) is 5.82 Å². The van der Waals surface area contributed by atoms with Crippen molar-refractivity contribution in [3.8, 4) is 0 Å². The van der Waals surface area contributed by atoms with Crippen LogP contribution in [0.4, 0.5) is 14.9 Å². The molecule has 1 aromatic rings. The molecular weight excluding hydrogens is 397 g/mol. The van der Waals surface area contributed by atoms with Crippen LogP contribution >= 0.6 is 0 Å². The van der Waals surface area contributed by atoms with Gasteiger partial charge in [-0.3, -0.25) is 29.4 Å². The second kappa shape index (κ2) is 9.29. The fourth-order valence-electron chi connectivity index (χ4n) is 3.39. The first-order valence-electron chi connectivity index (χ1n) is 9.38. The minimum atomic E-state index is -0.981. The summed E-state index contributed by atoms with van der Waals surface area (Å²) in [5, 5.41) is 4.05. The van der Waals surface area contributed by atoms with Crippen molar-refractivity contribution in [1.82, 2.24) is 10.2 Å². The number of nitrogens with zero attached hydrogens (tertiary/aromatic N) is 1. The molecule has 9 nitrogen and oxygen atoms in total. The van der Waals surface area contributed by atoms with Gasteiger partial charge in [0.2, 0.25) is 11.8 Å². The van der Waals surface area contributed by atoms with Gasteiger partial charge in [0.05, 0.1) is 23.9 Å². The summed E-state index contributed by atoms with van der Waals surface area (Å²) in [7, 11) is 0. The average Bonchev–Trinajstić information content (AvgIpc) is 2.97. The average molecular weight is 417 g/mol. The van der Waals surface area contributed by atoms with Crippen LogP contribution in [0.5, 0.6) is 0 Å². The Hall–Kier alpha value is -3.56. The monoisotopic (exact) mass is 417 g/mol. The number of benzene rings is 1. The van der Waals surface area contributed by atoms with E-state index in [1.54, 1.807) is 0 Å². The smallest absolute Gasteiger partial charge is 0.326 e. The van der Waals surface area contributed by atoms with Crippen molar-refractivity contribution in [1.29, 1.82) is 0 Å². The molecule has 0 aromatic heterocycles. The van der Waals surface area contributed by atoms with E-state index in [1.165, 1.54) is 18.2 Å². The predicted octanol–water partition coefficient (Wildman–Crippen LogP) is 1.36. The van der Waals surface area contributed by atoms with Crippen molar-refractivity contribution < 1.29 is 33.1 Å². The van der Waals surface area contributed by atoms with Crippen LogP contribution in [0, 0.1) is 17.7 Å². The van der Waals surface area contributed by atoms with Crippen molar-refractivity contribution >= 4 is 35.4 Å². The number of amides is 5. The highest BCUT2D eigenvalue weighted by Gasteiger charge is 2.46. The molecule has 0 bridgehead atoms. The van der Waals surface area contributed by atoms with Crippen LogP contribution in [-0.2, 0) is 23.9 Å². The quantitative estimate of drug-likeness (QED) is 0.409. The van der Waals surface area contributed by atoms with E-state index in [-0.39, 0.29) is 42.3 Å². The number of allylic oxidation sites excluding steroid dienone is 2. The zero-order chi connectivity index (χ0) is 21.7. The Bertz CT molecular complexity index is 890. The van der Waals surface area contributed by atoms with Gasteiger partial charge in [0.25, 0.3) is 5.91 Å². The molecule has 2 aliphatic rings. The molecule has 0 unspecified atom stereocenters. The Morgan fingerprint density at radius 3 is 2.33 bits per heavy atom. The molecule has 5 amide bonds. The normalized spacial score (nSPS) is 20.0. The lowest BCUT2D eigenvalue weighted by Crippen LogP contribution is -2.38. The number of likely N-dealkylation sites (tertiary alicyclic amines) is 1. The molecule has 0 saturated carbocycles. The topological polar surface area (TPSA) is 122 Å². The molecule has 2 N–H and O–H groups in total. The minimum absolute atomic E-state index is 0.115. The van der Waals surface area contributed by atoms with Crippen LogP contribution < -0.4 is 10.6 Å². The number of halogens is 1. The molecule has 0 spiro atoms. The first kappa shape index (κ1) is 21.2. The Balaban J connectivity index is 1.39. The van der Waals surface area contributed by atoms with E-state index in [0.717, 1.165) is 11.0 Å². The van der Waals surface area contributed by atoms with Crippen LogP contribution in [0.2, 0.25) is 0 Å². The number of ether oxygens (including phenoxy) is 1. The summed E-state index contributed by atoms with van der Waals surface area (Å²) in [6.45, 7) is -0.862. The third-order valence-corrected chi connectivity index (χ3v) is 4.88. The van der Waals surface area contributed by atoms with Crippen molar-refractivity contribution in [3.63, 3.8) is 0 Å². The summed E-state index contributed by atoms with van der Waals surface area (Å²) in [5.41, 5.74) is -0.115. The van der Waals surface area contributed by atoms with Gasteiger partial charge in [-0.25, -0.2) is 9.18 Å². The maximum atomic E-state index is 13.5. The molecule has 1 aromatic carbocycles. The van der Waals surface area contributed by atoms with Gasteiger partial charge in [-0.2, -0.15) is 0 Å². The Morgan fingerprint density at radius 1 is 1.07 bits per heavy atom. The minimum Gasteiger partial charge on any atom is -0.456 e. The van der Waals surface area contributed by atoms with E-state index in [4.69, 9.17) is 4.74 Å². The number of carbonyl (C=O) groups excluding carboxylic acids is 5. The molecule has 1 aliphatic carbocycles. The molecule has 1 heterocycles. The number of hydrogen-bond acceptors (Lipinski definition) is 6. The lowest BCUT2D eigenvalue weighted by molar-refractivity contribution is -0.149. The fraction of sp³-hybridized carbons (Fsp3) is 0.350. The van der Waals surface area contributed by atoms with Gasteiger partial charge in [-0.1, -0.05) is 24.3 Å². The molecule has 2 atom stereocenters. The Kier molecular flexibility index (Phi) is 6.55. The van der Waals surface area contributed by atoms with Crippen molar-refractivity contribution in [2.45, 2.75) is 19.3 Å². The summed E-state index contributed by atoms with van der Waals surface area (Å²) >= 11 is 0. The SMILES string of the molecule is O=C(COC(=O)CCN1C(=O)[C@H]2CC=CC[C@@H]2C1=O)NC(=O)Nc1ccccc1F. The van der Waals surface area contributed by atoms with Gasteiger partial charge in [0, 0.05) is 6.54 Å². The largest absolute Gasteiger partial charge is 0.456 e. The second-order valence-corrected chi connectivity index (χ2v) is 6.88. The van der Waals surface area contributed by atoms with E-state index in [2.05, 4.69) is 5.32 Å². The highest BCUT2D eigenvalue weighted by molar-refractivity contribution is 6.05. The molecule has 0 radical (unpaired) electrons. The van der Waals surface area contributed by atoms with E-state index < -0.39 is 30.3 Å². The van der Waals surface area contributed by atoms with Crippen molar-refractivity contribution in [3.05, 3.63) is 42.2 Å². The second-order valence-electron chi connectivity index (χ2n) is 6.88. The summed E-state index contributed by atoms with van der Waals surface area (Å²) in [6, 6.07) is 4.42. The van der Waals surface area contributed by atoms with Gasteiger partial charge in [0.15, 0.2) is 6.61 Å². The maximum absolute atomic E-state index is 13.5. The number of hydrogen-bond donors (Lipinski definition) is 2. The molecule has 30 heavy (non-hydrogen) atoms. The number of anilines is 1. The zero-order valence-electron chi connectivity index (χ0n) is 15.9. The molecule has 1 aliphatic heterocycles. The molecule has 158 valence electrons. The Labute approximate surface area is 171 Å². The summed E-state index contributed by atoms with van der Waals surface area (Å²) in [5.74, 6) is -3.74. The van der Waals surface area contributed by atoms with E-state index in [1.807, 2.05) is 17.5 Å². The first-order valence-corrected chi connectivity index (χ1v) is 9.38. The number of rotatable bonds is 6. The lowest BCUT2D eigenvalue weighted by atomic mass is 9.85. The number of esters is 1. The standard InChI is InChI=1S/C20H20FN3O6/c21-14-7-3-4-8-15(14)22-20(29)23-16(25)11-30-17(26)9-10-24-18(27)12-5-1-2-6-13(12)19(24)28/h1-4,7-8,12-13H,5-6,9-11H2,(H2,22,23,25,29)/t12-,13-/m0/s1. The number of carbonyl (C=O) groups is 5. The highest BCUT2D eigenvalue weighted by Crippen LogP contribution is 2.34. The van der Waals surface area contributed by atoms with Crippen LogP contribution in [0.25, 0.3) is 0 Å². The van der Waals surface area contributed by atoms with Crippen LogP contribution in [0.1, 0.15) is 19.3 Å². The number of nitrogens with one attached hydrogen (secondary N) is 2. The number of para-hydroxylation sites is 1. The number of urea groups is 1. The summed E-state index contributed by atoms with van der Waals surface area (Å²) < 4.78 is 18.2. The summed E-state index contributed by atoms with van der Waals surface area (Å²) in [4.78, 5) is 60.9. The molecular formula is C20H20FN3O6. The Morgan fingerprint density at radius 2 is 1.70 bits per heavy atom. The lowest BCUT2D eigenvalue weighted by Gasteiger charge is -2.14. The molecule has 3 rings (SSSR count). The van der Waals surface area contributed by atoms with Crippen molar-refractivity contribution in [2.24, 2.45) is 11.8 Å². The van der Waals surface area contributed by atoms with Gasteiger partial charge < -0.3 is 10.1 Å². The highest BCUT2D eigenvalue weighted by atomic mass is 19.1. The van der Waals surface area contributed by atoms with Gasteiger partial charge in [-0.05, 0) is 25.0 Å². The van der Waals surface area contributed by atoms with E-state index in [0.29, 0.717) is 12.8 Å². The van der Waals surface area contributed by atoms with Crippen molar-refractivity contribution in [2.75, 3.05) is 18.5 Å². The van der Waals surface area contributed by atoms with E-state index in [9.17, 15) is 28.4 Å².